The van der Waals surface area contributed by atoms with Crippen molar-refractivity contribution in [1.82, 2.24) is 15.3 Å². The number of benzene rings is 2. The average molecular weight is 703 g/mol. The normalized spacial score (nSPS) is 18.6. The van der Waals surface area contributed by atoms with Gasteiger partial charge in [0.25, 0.3) is 0 Å². The molecule has 0 bridgehead atoms. The molecule has 5 rings (SSSR count). The van der Waals surface area contributed by atoms with Crippen molar-refractivity contribution < 1.29 is 36.0 Å². The van der Waals surface area contributed by atoms with E-state index >= 15 is 4.39 Å². The lowest BCUT2D eigenvalue weighted by molar-refractivity contribution is -0.128. The number of carbonyl (C=O) groups is 3. The maximum atomic E-state index is 15.1. The number of rotatable bonds is 9. The van der Waals surface area contributed by atoms with Gasteiger partial charge in [0.1, 0.15) is 23.6 Å². The van der Waals surface area contributed by atoms with E-state index in [-0.39, 0.29) is 53.6 Å². The van der Waals surface area contributed by atoms with Gasteiger partial charge >= 0.3 is 0 Å². The smallest absolute Gasteiger partial charge is 0.248 e. The number of nitriles is 1. The molecule has 2 atom stereocenters. The standard InChI is InChI=1S/C32H30ClF3N6O5S/c1-48(46,47)24-15-19(34)14-23(16-24)41(28(44)17-22-6-7-27(43)42(22)31-38-13-10-21(18-37)40-31)29(25-4-2-3-5-26(25)33)30(45)39-20-8-11-32(35,36)12-9-20/h2-5,10,13-16,20,22,29H,6-9,11-12,17H2,1H3,(H,39,45)/t22-,29?/m0/s1. The first-order valence-electron chi connectivity index (χ1n) is 15.0. The Hall–Kier alpha value is -4.55. The van der Waals surface area contributed by atoms with Crippen molar-refractivity contribution in [1.29, 1.82) is 5.26 Å². The maximum Gasteiger partial charge on any atom is 0.248 e. The summed E-state index contributed by atoms with van der Waals surface area (Å²) < 4.78 is 68.0. The molecular weight excluding hydrogens is 673 g/mol. The Labute approximate surface area is 279 Å². The highest BCUT2D eigenvalue weighted by atomic mass is 35.5. The van der Waals surface area contributed by atoms with Gasteiger partial charge in [0.05, 0.1) is 4.90 Å². The first-order valence-corrected chi connectivity index (χ1v) is 17.2. The summed E-state index contributed by atoms with van der Waals surface area (Å²) in [7, 11) is -4.01. The van der Waals surface area contributed by atoms with E-state index in [1.54, 1.807) is 12.1 Å². The average Bonchev–Trinajstić information content (AvgIpc) is 3.39. The Morgan fingerprint density at radius 3 is 2.54 bits per heavy atom. The third-order valence-corrected chi connectivity index (χ3v) is 9.75. The summed E-state index contributed by atoms with van der Waals surface area (Å²) >= 11 is 6.55. The van der Waals surface area contributed by atoms with Gasteiger partial charge in [-0.25, -0.2) is 31.6 Å². The van der Waals surface area contributed by atoms with Crippen molar-refractivity contribution in [3.8, 4) is 6.07 Å². The van der Waals surface area contributed by atoms with E-state index < -0.39 is 81.6 Å². The molecule has 1 aliphatic heterocycles. The van der Waals surface area contributed by atoms with Crippen LogP contribution in [0.5, 0.6) is 0 Å². The number of hydrogen-bond acceptors (Lipinski definition) is 8. The fourth-order valence-electron chi connectivity index (χ4n) is 5.94. The quantitative estimate of drug-likeness (QED) is 0.331. The molecule has 2 aromatic carbocycles. The van der Waals surface area contributed by atoms with Crippen LogP contribution in [0, 0.1) is 17.1 Å². The number of carbonyl (C=O) groups excluding carboxylic acids is 3. The van der Waals surface area contributed by atoms with Crippen molar-refractivity contribution in [3.63, 3.8) is 0 Å². The number of amides is 3. The van der Waals surface area contributed by atoms with Crippen LogP contribution in [0.4, 0.5) is 24.8 Å². The van der Waals surface area contributed by atoms with Crippen molar-refractivity contribution in [3.05, 3.63) is 76.8 Å². The second-order valence-electron chi connectivity index (χ2n) is 11.8. The summed E-state index contributed by atoms with van der Waals surface area (Å²) in [4.78, 5) is 51.4. The predicted molar refractivity (Wildman–Crippen MR) is 168 cm³/mol. The lowest BCUT2D eigenvalue weighted by Gasteiger charge is -2.35. The SMILES string of the molecule is CS(=O)(=O)c1cc(F)cc(N(C(=O)C[C@@H]2CCC(=O)N2c2nccc(C#N)n2)C(C(=O)NC2CCC(F)(F)CC2)c2ccccc2Cl)c1. The van der Waals surface area contributed by atoms with E-state index in [0.717, 1.165) is 29.4 Å². The minimum Gasteiger partial charge on any atom is -0.351 e. The van der Waals surface area contributed by atoms with Gasteiger partial charge in [-0.2, -0.15) is 5.26 Å². The molecule has 3 amide bonds. The summed E-state index contributed by atoms with van der Waals surface area (Å²) in [5, 5.41) is 12.1. The Balaban J connectivity index is 1.60. The van der Waals surface area contributed by atoms with Gasteiger partial charge in [-0.3, -0.25) is 24.2 Å². The molecule has 2 heterocycles. The molecule has 48 heavy (non-hydrogen) atoms. The molecule has 2 aliphatic rings. The molecule has 1 aliphatic carbocycles. The largest absolute Gasteiger partial charge is 0.351 e. The lowest BCUT2D eigenvalue weighted by Crippen LogP contribution is -2.49. The van der Waals surface area contributed by atoms with Crippen LogP contribution in [0.2, 0.25) is 5.02 Å². The fraction of sp³-hybridized carbons (Fsp3) is 0.375. The van der Waals surface area contributed by atoms with Crippen molar-refractivity contribution >= 4 is 50.8 Å². The number of nitrogens with one attached hydrogen (secondary N) is 1. The minimum atomic E-state index is -4.01. The molecular formula is C32H30ClF3N6O5S. The summed E-state index contributed by atoms with van der Waals surface area (Å²) in [6.07, 6.45) is 0.858. The molecule has 1 unspecified atom stereocenters. The van der Waals surface area contributed by atoms with Gasteiger partial charge in [0.15, 0.2) is 9.84 Å². The summed E-state index contributed by atoms with van der Waals surface area (Å²) in [5.41, 5.74) is -0.217. The predicted octanol–water partition coefficient (Wildman–Crippen LogP) is 4.90. The molecule has 11 nitrogen and oxygen atoms in total. The summed E-state index contributed by atoms with van der Waals surface area (Å²) in [5.74, 6) is -6.07. The second kappa shape index (κ2) is 13.9. The van der Waals surface area contributed by atoms with E-state index in [1.165, 1.54) is 29.3 Å². The molecule has 252 valence electrons. The Kier molecular flexibility index (Phi) is 10.1. The van der Waals surface area contributed by atoms with Crippen molar-refractivity contribution in [2.45, 2.75) is 73.9 Å². The van der Waals surface area contributed by atoms with Crippen LogP contribution in [0.1, 0.15) is 62.2 Å². The first-order chi connectivity index (χ1) is 22.7. The van der Waals surface area contributed by atoms with Crippen LogP contribution >= 0.6 is 11.6 Å². The molecule has 3 aromatic rings. The van der Waals surface area contributed by atoms with E-state index in [0.29, 0.717) is 0 Å². The molecule has 16 heteroatoms. The second-order valence-corrected chi connectivity index (χ2v) is 14.2. The van der Waals surface area contributed by atoms with E-state index in [9.17, 15) is 36.8 Å². The van der Waals surface area contributed by atoms with E-state index in [2.05, 4.69) is 15.3 Å². The van der Waals surface area contributed by atoms with Crippen LogP contribution in [0.25, 0.3) is 0 Å². The molecule has 1 saturated carbocycles. The lowest BCUT2D eigenvalue weighted by atomic mass is 9.91. The topological polar surface area (TPSA) is 153 Å². The van der Waals surface area contributed by atoms with Gasteiger partial charge in [-0.05, 0) is 49.6 Å². The van der Waals surface area contributed by atoms with Gasteiger partial charge < -0.3 is 5.32 Å². The number of nitrogens with zero attached hydrogens (tertiary/aromatic N) is 5. The van der Waals surface area contributed by atoms with Crippen LogP contribution in [-0.2, 0) is 24.2 Å². The highest BCUT2D eigenvalue weighted by molar-refractivity contribution is 7.90. The van der Waals surface area contributed by atoms with Crippen LogP contribution in [0.3, 0.4) is 0 Å². The van der Waals surface area contributed by atoms with Gasteiger partial charge in [-0.1, -0.05) is 29.8 Å². The number of alkyl halides is 2. The monoisotopic (exact) mass is 702 g/mol. The number of hydrogen-bond donors (Lipinski definition) is 1. The Bertz CT molecular complexity index is 1900. The highest BCUT2D eigenvalue weighted by Crippen LogP contribution is 2.37. The molecule has 2 fully saturated rings. The molecule has 0 spiro atoms. The maximum absolute atomic E-state index is 15.1. The van der Waals surface area contributed by atoms with Gasteiger partial charge in [0, 0.05) is 66.5 Å². The zero-order chi connectivity index (χ0) is 34.8. The van der Waals surface area contributed by atoms with Gasteiger partial charge in [-0.15, -0.1) is 0 Å². The van der Waals surface area contributed by atoms with Gasteiger partial charge in [0.2, 0.25) is 29.6 Å². The number of aromatic nitrogens is 2. The molecule has 1 saturated heterocycles. The van der Waals surface area contributed by atoms with Crippen LogP contribution < -0.4 is 15.1 Å². The molecule has 1 aromatic heterocycles. The summed E-state index contributed by atoms with van der Waals surface area (Å²) in [6.45, 7) is 0. The Morgan fingerprint density at radius 2 is 1.88 bits per heavy atom. The first kappa shape index (κ1) is 34.8. The van der Waals surface area contributed by atoms with Crippen molar-refractivity contribution in [2.75, 3.05) is 16.1 Å². The highest BCUT2D eigenvalue weighted by Gasteiger charge is 2.42. The fourth-order valence-corrected chi connectivity index (χ4v) is 6.84. The van der Waals surface area contributed by atoms with Crippen LogP contribution in [-0.4, -0.2) is 60.4 Å². The summed E-state index contributed by atoms with van der Waals surface area (Å²) in [6, 6.07) is 8.82. The zero-order valence-corrected chi connectivity index (χ0v) is 27.1. The zero-order valence-electron chi connectivity index (χ0n) is 25.6. The van der Waals surface area contributed by atoms with E-state index in [1.807, 2.05) is 6.07 Å². The van der Waals surface area contributed by atoms with Crippen LogP contribution in [0.15, 0.2) is 59.6 Å². The Morgan fingerprint density at radius 1 is 1.17 bits per heavy atom. The number of sulfone groups is 1. The molecule has 0 radical (unpaired) electrons. The minimum absolute atomic E-state index is 0.0109. The number of anilines is 2. The third kappa shape index (κ3) is 7.77. The third-order valence-electron chi connectivity index (χ3n) is 8.31. The van der Waals surface area contributed by atoms with Crippen molar-refractivity contribution in [2.24, 2.45) is 0 Å². The van der Waals surface area contributed by atoms with E-state index in [4.69, 9.17) is 11.6 Å². The molecule has 1 N–H and O–H groups in total. The number of halogens is 4.